The van der Waals surface area contributed by atoms with Crippen molar-refractivity contribution >= 4 is 22.6 Å². The third kappa shape index (κ3) is 1.49. The van der Waals surface area contributed by atoms with Crippen LogP contribution in [0.15, 0.2) is 45.3 Å². The molecule has 0 aliphatic carbocycles. The monoisotopic (exact) mass is 233 g/mol. The van der Waals surface area contributed by atoms with Gasteiger partial charge in [-0.25, -0.2) is 0 Å². The highest BCUT2D eigenvalue weighted by molar-refractivity contribution is 6.16. The molecule has 0 aliphatic heterocycles. The minimum atomic E-state index is 0.337. The lowest BCUT2D eigenvalue weighted by atomic mass is 10.2. The number of furan rings is 1. The van der Waals surface area contributed by atoms with Crippen molar-refractivity contribution in [3.63, 3.8) is 0 Å². The van der Waals surface area contributed by atoms with Crippen LogP contribution in [0.5, 0.6) is 0 Å². The molecule has 0 saturated heterocycles. The van der Waals surface area contributed by atoms with E-state index in [2.05, 4.69) is 5.16 Å². The van der Waals surface area contributed by atoms with E-state index in [1.165, 1.54) is 0 Å². The van der Waals surface area contributed by atoms with Crippen LogP contribution in [0, 0.1) is 0 Å². The zero-order valence-corrected chi connectivity index (χ0v) is 9.07. The first-order valence-corrected chi connectivity index (χ1v) is 5.41. The molecule has 0 atom stereocenters. The summed E-state index contributed by atoms with van der Waals surface area (Å²) < 4.78 is 10.8. The Morgan fingerprint density at radius 3 is 2.75 bits per heavy atom. The average molecular weight is 234 g/mol. The van der Waals surface area contributed by atoms with Gasteiger partial charge in [0.1, 0.15) is 5.58 Å². The Labute approximate surface area is 96.6 Å². The number of halogens is 1. The first kappa shape index (κ1) is 9.48. The van der Waals surface area contributed by atoms with Crippen LogP contribution in [0.2, 0.25) is 0 Å². The molecule has 16 heavy (non-hydrogen) atoms. The summed E-state index contributed by atoms with van der Waals surface area (Å²) in [6.45, 7) is 0. The molecular formula is C12H8ClNO2. The summed E-state index contributed by atoms with van der Waals surface area (Å²) in [5, 5.41) is 4.86. The Morgan fingerprint density at radius 2 is 2.00 bits per heavy atom. The van der Waals surface area contributed by atoms with Crippen molar-refractivity contribution in [3.8, 4) is 11.5 Å². The normalized spacial score (nSPS) is 11.1. The summed E-state index contributed by atoms with van der Waals surface area (Å²) in [7, 11) is 0. The number of hydrogen-bond donors (Lipinski definition) is 0. The Hall–Kier alpha value is -1.74. The molecule has 3 rings (SSSR count). The quantitative estimate of drug-likeness (QED) is 0.632. The van der Waals surface area contributed by atoms with Gasteiger partial charge in [0.2, 0.25) is 5.76 Å². The molecule has 0 unspecified atom stereocenters. The summed E-state index contributed by atoms with van der Waals surface area (Å²) in [6, 6.07) is 11.5. The summed E-state index contributed by atoms with van der Waals surface area (Å²) in [5.74, 6) is 1.61. The van der Waals surface area contributed by atoms with Gasteiger partial charge in [-0.05, 0) is 12.1 Å². The number of para-hydroxylation sites is 1. The number of hydrogen-bond acceptors (Lipinski definition) is 3. The number of alkyl halides is 1. The molecule has 0 spiro atoms. The summed E-state index contributed by atoms with van der Waals surface area (Å²) in [4.78, 5) is 0. The van der Waals surface area contributed by atoms with Gasteiger partial charge < -0.3 is 8.94 Å². The van der Waals surface area contributed by atoms with E-state index >= 15 is 0 Å². The molecule has 0 radical (unpaired) electrons. The largest absolute Gasteiger partial charge is 0.453 e. The third-order valence-corrected chi connectivity index (χ3v) is 2.64. The van der Waals surface area contributed by atoms with Crippen molar-refractivity contribution in [2.45, 2.75) is 5.88 Å². The first-order chi connectivity index (χ1) is 7.86. The van der Waals surface area contributed by atoms with Crippen LogP contribution in [0.3, 0.4) is 0 Å². The van der Waals surface area contributed by atoms with Gasteiger partial charge in [0, 0.05) is 11.5 Å². The van der Waals surface area contributed by atoms with E-state index in [0.29, 0.717) is 23.1 Å². The van der Waals surface area contributed by atoms with Gasteiger partial charge in [-0.3, -0.25) is 0 Å². The SMILES string of the molecule is ClCc1cc(-c2cc3ccccc3o2)on1. The molecule has 3 nitrogen and oxygen atoms in total. The van der Waals surface area contributed by atoms with Crippen LogP contribution >= 0.6 is 11.6 Å². The van der Waals surface area contributed by atoms with Crippen molar-refractivity contribution in [3.05, 3.63) is 42.1 Å². The molecule has 2 aromatic heterocycles. The molecule has 1 aromatic carbocycles. The maximum atomic E-state index is 5.65. The predicted octanol–water partition coefficient (Wildman–Crippen LogP) is 3.83. The maximum Gasteiger partial charge on any atom is 0.202 e. The van der Waals surface area contributed by atoms with Crippen LogP contribution in [0.25, 0.3) is 22.5 Å². The molecule has 4 heteroatoms. The molecule has 0 fully saturated rings. The van der Waals surface area contributed by atoms with Crippen LogP contribution in [-0.2, 0) is 5.88 Å². The lowest BCUT2D eigenvalue weighted by Gasteiger charge is -1.85. The topological polar surface area (TPSA) is 39.2 Å². The van der Waals surface area contributed by atoms with E-state index in [1.807, 2.05) is 30.3 Å². The standard InChI is InChI=1S/C12H8ClNO2/c13-7-9-6-12(16-14-9)11-5-8-3-1-2-4-10(8)15-11/h1-6H,7H2. The number of nitrogens with zero attached hydrogens (tertiary/aromatic N) is 1. The summed E-state index contributed by atoms with van der Waals surface area (Å²) in [6.07, 6.45) is 0. The van der Waals surface area contributed by atoms with E-state index in [1.54, 1.807) is 6.07 Å². The number of aromatic nitrogens is 1. The molecule has 3 aromatic rings. The van der Waals surface area contributed by atoms with Crippen molar-refractivity contribution in [2.75, 3.05) is 0 Å². The van der Waals surface area contributed by atoms with Gasteiger partial charge in [0.25, 0.3) is 0 Å². The number of rotatable bonds is 2. The zero-order chi connectivity index (χ0) is 11.0. The first-order valence-electron chi connectivity index (χ1n) is 4.87. The minimum absolute atomic E-state index is 0.337. The molecule has 0 amide bonds. The second kappa shape index (κ2) is 3.68. The smallest absolute Gasteiger partial charge is 0.202 e. The fraction of sp³-hybridized carbons (Fsp3) is 0.0833. The van der Waals surface area contributed by atoms with E-state index < -0.39 is 0 Å². The molecular weight excluding hydrogens is 226 g/mol. The Bertz CT molecular complexity index is 594. The van der Waals surface area contributed by atoms with Crippen LogP contribution in [0.1, 0.15) is 5.69 Å². The van der Waals surface area contributed by atoms with Gasteiger partial charge in [-0.15, -0.1) is 11.6 Å². The van der Waals surface area contributed by atoms with Gasteiger partial charge in [-0.2, -0.15) is 0 Å². The van der Waals surface area contributed by atoms with Crippen LogP contribution in [0.4, 0.5) is 0 Å². The number of fused-ring (bicyclic) bond motifs is 1. The third-order valence-electron chi connectivity index (χ3n) is 2.36. The minimum Gasteiger partial charge on any atom is -0.453 e. The fourth-order valence-corrected chi connectivity index (χ4v) is 1.72. The van der Waals surface area contributed by atoms with E-state index in [9.17, 15) is 0 Å². The van der Waals surface area contributed by atoms with Crippen LogP contribution < -0.4 is 0 Å². The summed E-state index contributed by atoms with van der Waals surface area (Å²) in [5.41, 5.74) is 1.54. The Balaban J connectivity index is 2.11. The molecule has 0 N–H and O–H groups in total. The second-order valence-electron chi connectivity index (χ2n) is 3.46. The number of benzene rings is 1. The fourth-order valence-electron chi connectivity index (χ4n) is 1.59. The summed E-state index contributed by atoms with van der Waals surface area (Å²) >= 11 is 5.65. The molecule has 0 saturated carbocycles. The van der Waals surface area contributed by atoms with Crippen molar-refractivity contribution in [1.82, 2.24) is 5.16 Å². The average Bonchev–Trinajstić information content (AvgIpc) is 2.95. The lowest BCUT2D eigenvalue weighted by Crippen LogP contribution is -1.70. The zero-order valence-electron chi connectivity index (χ0n) is 8.31. The lowest BCUT2D eigenvalue weighted by molar-refractivity contribution is 0.415. The second-order valence-corrected chi connectivity index (χ2v) is 3.73. The van der Waals surface area contributed by atoms with E-state index in [4.69, 9.17) is 20.5 Å². The Kier molecular flexibility index (Phi) is 2.18. The Morgan fingerprint density at radius 1 is 1.12 bits per heavy atom. The molecule has 80 valence electrons. The van der Waals surface area contributed by atoms with E-state index in [-0.39, 0.29) is 0 Å². The highest BCUT2D eigenvalue weighted by Gasteiger charge is 2.11. The molecule has 2 heterocycles. The highest BCUT2D eigenvalue weighted by atomic mass is 35.5. The van der Waals surface area contributed by atoms with Crippen molar-refractivity contribution in [2.24, 2.45) is 0 Å². The highest BCUT2D eigenvalue weighted by Crippen LogP contribution is 2.28. The molecule has 0 aliphatic rings. The van der Waals surface area contributed by atoms with E-state index in [0.717, 1.165) is 11.0 Å². The van der Waals surface area contributed by atoms with Crippen LogP contribution in [-0.4, -0.2) is 5.16 Å². The predicted molar refractivity (Wildman–Crippen MR) is 61.3 cm³/mol. The van der Waals surface area contributed by atoms with Gasteiger partial charge in [0.05, 0.1) is 11.6 Å². The van der Waals surface area contributed by atoms with Gasteiger partial charge >= 0.3 is 0 Å². The molecule has 0 bridgehead atoms. The van der Waals surface area contributed by atoms with Gasteiger partial charge in [-0.1, -0.05) is 23.4 Å². The van der Waals surface area contributed by atoms with Crippen molar-refractivity contribution < 1.29 is 8.94 Å². The maximum absolute atomic E-state index is 5.65. The van der Waals surface area contributed by atoms with Crippen molar-refractivity contribution in [1.29, 1.82) is 0 Å². The van der Waals surface area contributed by atoms with Gasteiger partial charge in [0.15, 0.2) is 5.76 Å².